The number of thioether (sulfide) groups is 1. The Morgan fingerprint density at radius 1 is 1.18 bits per heavy atom. The summed E-state index contributed by atoms with van der Waals surface area (Å²) < 4.78 is 14.8. The highest BCUT2D eigenvalue weighted by atomic mass is 79.9. The maximum Gasteiger partial charge on any atom is 0.227 e. The van der Waals surface area contributed by atoms with Crippen molar-refractivity contribution in [3.8, 4) is 11.5 Å². The van der Waals surface area contributed by atoms with Crippen LogP contribution < -0.4 is 14.8 Å². The minimum atomic E-state index is -0.427. The van der Waals surface area contributed by atoms with Gasteiger partial charge in [-0.3, -0.25) is 4.79 Å². The number of ether oxygens (including phenoxy) is 2. The second kappa shape index (κ2) is 10.9. The molecule has 200 valence electrons. The molecule has 1 atom stereocenters. The quantitative estimate of drug-likeness (QED) is 0.263. The molecule has 2 heterocycles. The smallest absolute Gasteiger partial charge is 0.227 e. The van der Waals surface area contributed by atoms with Crippen molar-refractivity contribution >= 4 is 51.0 Å². The number of allylic oxidation sites excluding steroid dienone is 2. The molecule has 1 aromatic heterocycles. The number of fused-ring (bicyclic) bond motifs is 1. The fourth-order valence-electron chi connectivity index (χ4n) is 4.97. The molecule has 0 bridgehead atoms. The number of hydrogen-bond donors (Lipinski definition) is 1. The highest BCUT2D eigenvalue weighted by Gasteiger charge is 2.42. The van der Waals surface area contributed by atoms with E-state index >= 15 is 0 Å². The normalized spacial score (nSPS) is 18.1. The molecule has 1 aliphatic carbocycles. The lowest BCUT2D eigenvalue weighted by molar-refractivity contribution is -0.118. The molecule has 0 spiro atoms. The van der Waals surface area contributed by atoms with Crippen LogP contribution in [0.3, 0.4) is 0 Å². The Hall–Kier alpha value is -2.49. The Balaban J connectivity index is 1.58. The summed E-state index contributed by atoms with van der Waals surface area (Å²) in [5.41, 5.74) is 3.39. The Morgan fingerprint density at radius 2 is 1.95 bits per heavy atom. The average Bonchev–Trinajstić information content (AvgIpc) is 3.24. The number of carbonyl (C=O) groups is 1. The van der Waals surface area contributed by atoms with Crippen molar-refractivity contribution < 1.29 is 14.3 Å². The molecule has 1 aliphatic heterocycles. The molecule has 7 nitrogen and oxygen atoms in total. The maximum absolute atomic E-state index is 13.6. The number of ketones is 1. The second-order valence-corrected chi connectivity index (χ2v) is 12.7. The van der Waals surface area contributed by atoms with Gasteiger partial charge >= 0.3 is 0 Å². The molecule has 38 heavy (non-hydrogen) atoms. The minimum absolute atomic E-state index is 0.122. The van der Waals surface area contributed by atoms with Crippen molar-refractivity contribution in [2.75, 3.05) is 17.7 Å². The molecule has 3 aromatic rings. The number of carbonyl (C=O) groups excluding carboxylic acids is 1. The highest BCUT2D eigenvalue weighted by molar-refractivity contribution is 9.10. The molecule has 0 saturated carbocycles. The van der Waals surface area contributed by atoms with E-state index in [9.17, 15) is 4.79 Å². The molecule has 1 N–H and O–H groups in total. The van der Waals surface area contributed by atoms with E-state index in [4.69, 9.17) is 31.2 Å². The van der Waals surface area contributed by atoms with Gasteiger partial charge in [0.05, 0.1) is 11.1 Å². The lowest BCUT2D eigenvalue weighted by Gasteiger charge is -2.38. The van der Waals surface area contributed by atoms with Crippen LogP contribution in [0.15, 0.2) is 57.3 Å². The predicted octanol–water partition coefficient (Wildman–Crippen LogP) is 7.44. The predicted molar refractivity (Wildman–Crippen MR) is 154 cm³/mol. The molecule has 0 amide bonds. The zero-order chi connectivity index (χ0) is 27.0. The van der Waals surface area contributed by atoms with Crippen molar-refractivity contribution in [2.45, 2.75) is 58.3 Å². The van der Waals surface area contributed by atoms with Gasteiger partial charge in [0.1, 0.15) is 12.6 Å². The summed E-state index contributed by atoms with van der Waals surface area (Å²) in [5.74, 6) is 2.82. The number of benzene rings is 2. The van der Waals surface area contributed by atoms with E-state index in [1.165, 1.54) is 0 Å². The van der Waals surface area contributed by atoms with E-state index in [0.29, 0.717) is 47.3 Å². The van der Waals surface area contributed by atoms with Crippen LogP contribution in [-0.4, -0.2) is 32.9 Å². The average molecular weight is 618 g/mol. The molecule has 0 fully saturated rings. The molecule has 1 unspecified atom stereocenters. The first kappa shape index (κ1) is 27.1. The summed E-state index contributed by atoms with van der Waals surface area (Å²) in [5, 5.41) is 9.58. The lowest BCUT2D eigenvalue weighted by atomic mass is 9.73. The van der Waals surface area contributed by atoms with Gasteiger partial charge in [0.25, 0.3) is 0 Å². The molecule has 10 heteroatoms. The summed E-state index contributed by atoms with van der Waals surface area (Å²) in [4.78, 5) is 18.3. The molecule has 2 aromatic carbocycles. The van der Waals surface area contributed by atoms with E-state index in [-0.39, 0.29) is 11.2 Å². The highest BCUT2D eigenvalue weighted by Crippen LogP contribution is 2.48. The van der Waals surface area contributed by atoms with Gasteiger partial charge < -0.3 is 14.8 Å². The van der Waals surface area contributed by atoms with Gasteiger partial charge in [-0.05, 0) is 75.8 Å². The van der Waals surface area contributed by atoms with E-state index in [0.717, 1.165) is 39.0 Å². The summed E-state index contributed by atoms with van der Waals surface area (Å²) in [6, 6.07) is 11.1. The van der Waals surface area contributed by atoms with Crippen LogP contribution in [0, 0.1) is 5.41 Å². The van der Waals surface area contributed by atoms with Crippen molar-refractivity contribution in [1.82, 2.24) is 14.8 Å². The summed E-state index contributed by atoms with van der Waals surface area (Å²) in [6.07, 6.45) is 1.24. The monoisotopic (exact) mass is 616 g/mol. The molecule has 0 radical (unpaired) electrons. The molecular weight excluding hydrogens is 588 g/mol. The van der Waals surface area contributed by atoms with Crippen LogP contribution in [0.25, 0.3) is 0 Å². The fourth-order valence-corrected chi connectivity index (χ4v) is 6.23. The number of rotatable bonds is 8. The van der Waals surface area contributed by atoms with Gasteiger partial charge in [0.2, 0.25) is 11.1 Å². The van der Waals surface area contributed by atoms with Gasteiger partial charge in [-0.15, -0.1) is 5.10 Å². The standard InChI is InChI=1S/C28H30BrClN4O3S/c1-5-36-22-12-17(11-19(29)25(22)37-15-16-7-9-18(30)10-8-16)24-23-20(13-28(3,4)14-21(23)35)31-26-32-27(38-6-2)33-34(24)26/h7-12,24H,5-6,13-15H2,1-4H3,(H,31,32,33). The first-order valence-electron chi connectivity index (χ1n) is 12.6. The third-order valence-corrected chi connectivity index (χ3v) is 8.09. The van der Waals surface area contributed by atoms with Gasteiger partial charge in [0.15, 0.2) is 17.3 Å². The fraction of sp³-hybridized carbons (Fsp3) is 0.393. The zero-order valence-electron chi connectivity index (χ0n) is 21.8. The van der Waals surface area contributed by atoms with Crippen molar-refractivity contribution in [3.05, 3.63) is 68.3 Å². The van der Waals surface area contributed by atoms with Crippen LogP contribution in [0.4, 0.5) is 5.95 Å². The minimum Gasteiger partial charge on any atom is -0.490 e. The Labute approximate surface area is 240 Å². The number of halogens is 2. The third-order valence-electron chi connectivity index (χ3n) is 6.53. The van der Waals surface area contributed by atoms with E-state index in [1.54, 1.807) is 11.8 Å². The number of hydrogen-bond acceptors (Lipinski definition) is 7. The number of Topliss-reactive ketones (excluding diaryl/α,β-unsaturated/α-hetero) is 1. The molecule has 0 saturated heterocycles. The molecular formula is C28H30BrClN4O3S. The van der Waals surface area contributed by atoms with E-state index in [1.807, 2.05) is 48.0 Å². The van der Waals surface area contributed by atoms with Crippen LogP contribution >= 0.6 is 39.3 Å². The second-order valence-electron chi connectivity index (χ2n) is 10.1. The van der Waals surface area contributed by atoms with Crippen LogP contribution in [0.2, 0.25) is 5.02 Å². The summed E-state index contributed by atoms with van der Waals surface area (Å²) >= 11 is 11.3. The van der Waals surface area contributed by atoms with E-state index < -0.39 is 6.04 Å². The summed E-state index contributed by atoms with van der Waals surface area (Å²) in [7, 11) is 0. The van der Waals surface area contributed by atoms with Gasteiger partial charge in [-0.1, -0.05) is 56.3 Å². The zero-order valence-corrected chi connectivity index (χ0v) is 25.0. The summed E-state index contributed by atoms with van der Waals surface area (Å²) in [6.45, 7) is 9.08. The van der Waals surface area contributed by atoms with Gasteiger partial charge in [-0.25, -0.2) is 4.68 Å². The van der Waals surface area contributed by atoms with Gasteiger partial charge in [-0.2, -0.15) is 4.98 Å². The van der Waals surface area contributed by atoms with Crippen molar-refractivity contribution in [2.24, 2.45) is 5.41 Å². The van der Waals surface area contributed by atoms with Crippen LogP contribution in [0.5, 0.6) is 11.5 Å². The van der Waals surface area contributed by atoms with Crippen LogP contribution in [-0.2, 0) is 11.4 Å². The maximum atomic E-state index is 13.6. The Bertz CT molecular complexity index is 1400. The van der Waals surface area contributed by atoms with E-state index in [2.05, 4.69) is 42.0 Å². The molecule has 5 rings (SSSR count). The van der Waals surface area contributed by atoms with Crippen molar-refractivity contribution in [3.63, 3.8) is 0 Å². The lowest BCUT2D eigenvalue weighted by Crippen LogP contribution is -2.36. The SMILES string of the molecule is CCOc1cc(C2C3=C(CC(C)(C)CC3=O)Nc3nc(SCC)nn32)cc(Br)c1OCc1ccc(Cl)cc1. The number of nitrogens with zero attached hydrogens (tertiary/aromatic N) is 3. The molecule has 2 aliphatic rings. The van der Waals surface area contributed by atoms with Crippen molar-refractivity contribution in [1.29, 1.82) is 0 Å². The number of nitrogens with one attached hydrogen (secondary N) is 1. The Kier molecular flexibility index (Phi) is 7.80. The first-order chi connectivity index (χ1) is 18.2. The third kappa shape index (κ3) is 5.46. The largest absolute Gasteiger partial charge is 0.490 e. The first-order valence-corrected chi connectivity index (χ1v) is 14.8. The Morgan fingerprint density at radius 3 is 2.66 bits per heavy atom. The van der Waals surface area contributed by atoms with Crippen LogP contribution in [0.1, 0.15) is 57.7 Å². The topological polar surface area (TPSA) is 78.3 Å². The number of anilines is 1. The number of aromatic nitrogens is 3. The van der Waals surface area contributed by atoms with Gasteiger partial charge in [0, 0.05) is 22.7 Å².